The molecular formula is C16H23NOS. The predicted molar refractivity (Wildman–Crippen MR) is 80.8 cm³/mol. The summed E-state index contributed by atoms with van der Waals surface area (Å²) in [6.07, 6.45) is 4.58. The van der Waals surface area contributed by atoms with Gasteiger partial charge >= 0.3 is 0 Å². The maximum Gasteiger partial charge on any atom is 0.0507 e. The Balaban J connectivity index is 1.72. The van der Waals surface area contributed by atoms with Crippen LogP contribution >= 0.6 is 0 Å². The number of fused-ring (bicyclic) bond motifs is 1. The van der Waals surface area contributed by atoms with Crippen LogP contribution in [0.4, 0.5) is 0 Å². The molecule has 3 rings (SSSR count). The van der Waals surface area contributed by atoms with Crippen molar-refractivity contribution in [2.75, 3.05) is 5.75 Å². The van der Waals surface area contributed by atoms with E-state index in [1.807, 2.05) is 0 Å². The summed E-state index contributed by atoms with van der Waals surface area (Å²) in [6, 6.07) is 11.7. The normalized spacial score (nSPS) is 38.7. The fourth-order valence-electron chi connectivity index (χ4n) is 3.55. The third kappa shape index (κ3) is 2.77. The number of hydrogen-bond acceptors (Lipinski definition) is 2. The number of nitrogens with one attached hydrogen (secondary N) is 1. The van der Waals surface area contributed by atoms with E-state index in [9.17, 15) is 4.21 Å². The largest absolute Gasteiger partial charge is 0.309 e. The molecule has 0 bridgehead atoms. The molecule has 1 aliphatic heterocycles. The Morgan fingerprint density at radius 2 is 2.05 bits per heavy atom. The Morgan fingerprint density at radius 3 is 2.79 bits per heavy atom. The minimum absolute atomic E-state index is 0.363. The van der Waals surface area contributed by atoms with Gasteiger partial charge < -0.3 is 5.32 Å². The third-order valence-corrected chi connectivity index (χ3v) is 6.64. The summed E-state index contributed by atoms with van der Waals surface area (Å²) in [5.41, 5.74) is 1.43. The number of rotatable bonds is 2. The zero-order valence-electron chi connectivity index (χ0n) is 11.5. The molecule has 1 N–H and O–H groups in total. The Morgan fingerprint density at radius 1 is 1.26 bits per heavy atom. The van der Waals surface area contributed by atoms with E-state index in [0.717, 1.165) is 18.6 Å². The molecule has 19 heavy (non-hydrogen) atoms. The van der Waals surface area contributed by atoms with Crippen LogP contribution in [0.5, 0.6) is 0 Å². The van der Waals surface area contributed by atoms with Crippen LogP contribution < -0.4 is 5.32 Å². The topological polar surface area (TPSA) is 29.1 Å². The highest BCUT2D eigenvalue weighted by molar-refractivity contribution is 7.85. The van der Waals surface area contributed by atoms with E-state index in [1.54, 1.807) is 0 Å². The molecule has 1 aromatic carbocycles. The van der Waals surface area contributed by atoms with E-state index in [-0.39, 0.29) is 0 Å². The van der Waals surface area contributed by atoms with Crippen molar-refractivity contribution < 1.29 is 4.21 Å². The standard InChI is InChI=1S/C16H23NOS/c1-2-14-11-19(18)16-10-13(8-9-15(16)17-14)12-6-4-3-5-7-12/h3-7,13-17H,2,8-11H2,1H3. The van der Waals surface area contributed by atoms with Crippen molar-refractivity contribution in [3.63, 3.8) is 0 Å². The van der Waals surface area contributed by atoms with Gasteiger partial charge in [-0.2, -0.15) is 0 Å². The average molecular weight is 277 g/mol. The van der Waals surface area contributed by atoms with Gasteiger partial charge in [0.15, 0.2) is 0 Å². The minimum atomic E-state index is -0.644. The first-order valence-electron chi connectivity index (χ1n) is 7.46. The van der Waals surface area contributed by atoms with Gasteiger partial charge in [0, 0.05) is 28.6 Å². The Labute approximate surface area is 118 Å². The summed E-state index contributed by atoms with van der Waals surface area (Å²) in [7, 11) is -0.644. The summed E-state index contributed by atoms with van der Waals surface area (Å²) >= 11 is 0. The first-order valence-corrected chi connectivity index (χ1v) is 8.84. The molecule has 2 nitrogen and oxygen atoms in total. The molecule has 0 radical (unpaired) electrons. The molecular weight excluding hydrogens is 254 g/mol. The van der Waals surface area contributed by atoms with Gasteiger partial charge in [-0.15, -0.1) is 0 Å². The summed E-state index contributed by atoms with van der Waals surface area (Å²) in [5.74, 6) is 1.45. The second-order valence-electron chi connectivity index (χ2n) is 5.88. The van der Waals surface area contributed by atoms with E-state index in [0.29, 0.717) is 23.3 Å². The zero-order valence-corrected chi connectivity index (χ0v) is 12.4. The summed E-state index contributed by atoms with van der Waals surface area (Å²) < 4.78 is 12.4. The first-order chi connectivity index (χ1) is 9.28. The fourth-order valence-corrected chi connectivity index (χ4v) is 5.55. The first kappa shape index (κ1) is 13.3. The van der Waals surface area contributed by atoms with Crippen LogP contribution in [0.25, 0.3) is 0 Å². The molecule has 1 saturated carbocycles. The lowest BCUT2D eigenvalue weighted by atomic mass is 9.81. The van der Waals surface area contributed by atoms with Crippen LogP contribution in [0, 0.1) is 0 Å². The van der Waals surface area contributed by atoms with Gasteiger partial charge in [-0.25, -0.2) is 0 Å². The van der Waals surface area contributed by atoms with Gasteiger partial charge in [0.05, 0.1) is 5.25 Å². The molecule has 0 spiro atoms. The van der Waals surface area contributed by atoms with Crippen molar-refractivity contribution in [3.05, 3.63) is 35.9 Å². The minimum Gasteiger partial charge on any atom is -0.309 e. The maximum absolute atomic E-state index is 12.4. The van der Waals surface area contributed by atoms with Gasteiger partial charge in [0.1, 0.15) is 0 Å². The van der Waals surface area contributed by atoms with Crippen molar-refractivity contribution in [2.45, 2.75) is 55.9 Å². The summed E-state index contributed by atoms with van der Waals surface area (Å²) in [6.45, 7) is 2.19. The predicted octanol–water partition coefficient (Wildman–Crippen LogP) is 2.82. The van der Waals surface area contributed by atoms with E-state index in [2.05, 4.69) is 42.6 Å². The summed E-state index contributed by atoms with van der Waals surface area (Å²) in [4.78, 5) is 0. The molecule has 1 saturated heterocycles. The smallest absolute Gasteiger partial charge is 0.0507 e. The van der Waals surface area contributed by atoms with E-state index >= 15 is 0 Å². The van der Waals surface area contributed by atoms with E-state index in [1.165, 1.54) is 18.4 Å². The monoisotopic (exact) mass is 277 g/mol. The van der Waals surface area contributed by atoms with Crippen LogP contribution in [0.2, 0.25) is 0 Å². The van der Waals surface area contributed by atoms with Crippen molar-refractivity contribution in [2.24, 2.45) is 0 Å². The molecule has 5 atom stereocenters. The molecule has 1 aliphatic carbocycles. The lowest BCUT2D eigenvalue weighted by molar-refractivity contribution is 0.310. The van der Waals surface area contributed by atoms with Gasteiger partial charge in [0.2, 0.25) is 0 Å². The lowest BCUT2D eigenvalue weighted by Gasteiger charge is -2.42. The maximum atomic E-state index is 12.4. The summed E-state index contributed by atoms with van der Waals surface area (Å²) in [5, 5.41) is 4.08. The van der Waals surface area contributed by atoms with Crippen LogP contribution in [0.1, 0.15) is 44.1 Å². The second kappa shape index (κ2) is 5.76. The average Bonchev–Trinajstić information content (AvgIpc) is 2.47. The quantitative estimate of drug-likeness (QED) is 0.900. The number of benzene rings is 1. The van der Waals surface area contributed by atoms with Gasteiger partial charge in [0.25, 0.3) is 0 Å². The Bertz CT molecular complexity index is 447. The van der Waals surface area contributed by atoms with Crippen molar-refractivity contribution in [1.82, 2.24) is 5.32 Å². The van der Waals surface area contributed by atoms with Gasteiger partial charge in [-0.1, -0.05) is 37.3 Å². The third-order valence-electron chi connectivity index (χ3n) is 4.71. The van der Waals surface area contributed by atoms with Gasteiger partial charge in [-0.05, 0) is 37.2 Å². The van der Waals surface area contributed by atoms with Gasteiger partial charge in [-0.3, -0.25) is 4.21 Å². The van der Waals surface area contributed by atoms with Crippen molar-refractivity contribution in [1.29, 1.82) is 0 Å². The zero-order chi connectivity index (χ0) is 13.2. The van der Waals surface area contributed by atoms with Crippen molar-refractivity contribution in [3.8, 4) is 0 Å². The molecule has 2 fully saturated rings. The Hall–Kier alpha value is -0.670. The van der Waals surface area contributed by atoms with E-state index in [4.69, 9.17) is 0 Å². The van der Waals surface area contributed by atoms with Crippen LogP contribution in [-0.4, -0.2) is 27.3 Å². The molecule has 2 aliphatic rings. The molecule has 1 heterocycles. The molecule has 3 heteroatoms. The SMILES string of the molecule is CCC1CS(=O)C2CC(c3ccccc3)CCC2N1. The molecule has 5 unspecified atom stereocenters. The molecule has 1 aromatic rings. The fraction of sp³-hybridized carbons (Fsp3) is 0.625. The van der Waals surface area contributed by atoms with E-state index < -0.39 is 10.8 Å². The van der Waals surface area contributed by atoms with Crippen LogP contribution in [0.3, 0.4) is 0 Å². The number of hydrogen-bond donors (Lipinski definition) is 1. The molecule has 0 aromatic heterocycles. The second-order valence-corrected chi connectivity index (χ2v) is 7.59. The Kier molecular flexibility index (Phi) is 4.04. The molecule has 0 amide bonds. The lowest BCUT2D eigenvalue weighted by Crippen LogP contribution is -2.56. The molecule has 104 valence electrons. The highest BCUT2D eigenvalue weighted by Gasteiger charge is 2.39. The van der Waals surface area contributed by atoms with Crippen molar-refractivity contribution >= 4 is 10.8 Å². The van der Waals surface area contributed by atoms with Crippen LogP contribution in [0.15, 0.2) is 30.3 Å². The highest BCUT2D eigenvalue weighted by Crippen LogP contribution is 2.37. The highest BCUT2D eigenvalue weighted by atomic mass is 32.2. The van der Waals surface area contributed by atoms with Crippen LogP contribution in [-0.2, 0) is 10.8 Å².